The fourth-order valence-corrected chi connectivity index (χ4v) is 4.59. The molecule has 0 aromatic heterocycles. The molecule has 0 aromatic carbocycles. The fraction of sp³-hybridized carbons (Fsp3) is 1.00. The molecule has 0 radical (unpaired) electrons. The van der Waals surface area contributed by atoms with E-state index in [0.29, 0.717) is 17.5 Å². The van der Waals surface area contributed by atoms with E-state index in [1.165, 1.54) is 12.8 Å². The molecule has 2 unspecified atom stereocenters. The molecule has 2 heterocycles. The molecule has 2 fully saturated rings. The van der Waals surface area contributed by atoms with Crippen LogP contribution in [0.25, 0.3) is 0 Å². The maximum absolute atomic E-state index is 11.5. The first-order valence-corrected chi connectivity index (χ1v) is 8.04. The van der Waals surface area contributed by atoms with Crippen LogP contribution in [0.4, 0.5) is 0 Å². The Morgan fingerprint density at radius 3 is 2.62 bits per heavy atom. The lowest BCUT2D eigenvalue weighted by molar-refractivity contribution is 0.173. The second-order valence-corrected chi connectivity index (χ2v) is 7.29. The molecule has 94 valence electrons. The summed E-state index contributed by atoms with van der Waals surface area (Å²) in [6.07, 6.45) is 4.37. The lowest BCUT2D eigenvalue weighted by atomic mass is 10.1. The van der Waals surface area contributed by atoms with Crippen molar-refractivity contribution >= 4 is 9.84 Å². The van der Waals surface area contributed by atoms with Gasteiger partial charge in [-0.05, 0) is 45.8 Å². The van der Waals surface area contributed by atoms with Crippen molar-refractivity contribution in [2.45, 2.75) is 37.8 Å². The van der Waals surface area contributed by atoms with E-state index in [4.69, 9.17) is 0 Å². The summed E-state index contributed by atoms with van der Waals surface area (Å²) in [5, 5.41) is 3.39. The summed E-state index contributed by atoms with van der Waals surface area (Å²) in [7, 11) is -0.647. The Labute approximate surface area is 98.3 Å². The number of hydrogen-bond donors (Lipinski definition) is 1. The third-order valence-electron chi connectivity index (χ3n) is 3.91. The molecule has 2 aliphatic rings. The van der Waals surface area contributed by atoms with Crippen molar-refractivity contribution in [2.24, 2.45) is 0 Å². The van der Waals surface area contributed by atoms with E-state index in [1.807, 2.05) is 0 Å². The lowest BCUT2D eigenvalue weighted by Crippen LogP contribution is -2.41. The van der Waals surface area contributed by atoms with Crippen molar-refractivity contribution in [2.75, 3.05) is 31.6 Å². The van der Waals surface area contributed by atoms with Crippen molar-refractivity contribution in [3.63, 3.8) is 0 Å². The highest BCUT2D eigenvalue weighted by Gasteiger charge is 2.33. The van der Waals surface area contributed by atoms with Crippen LogP contribution in [0.1, 0.15) is 25.7 Å². The number of sulfone groups is 1. The average Bonchev–Trinajstić information content (AvgIpc) is 2.48. The van der Waals surface area contributed by atoms with Crippen LogP contribution in [0.3, 0.4) is 0 Å². The third-order valence-corrected chi connectivity index (χ3v) is 5.66. The van der Waals surface area contributed by atoms with Gasteiger partial charge in [-0.3, -0.25) is 4.90 Å². The Morgan fingerprint density at radius 1 is 1.12 bits per heavy atom. The Hall–Kier alpha value is -0.130. The topological polar surface area (TPSA) is 49.4 Å². The second kappa shape index (κ2) is 5.02. The van der Waals surface area contributed by atoms with E-state index in [0.717, 1.165) is 25.9 Å². The molecule has 0 amide bonds. The van der Waals surface area contributed by atoms with Gasteiger partial charge in [0.15, 0.2) is 9.84 Å². The molecule has 2 rings (SSSR count). The highest BCUT2D eigenvalue weighted by Crippen LogP contribution is 2.22. The Kier molecular flexibility index (Phi) is 3.87. The van der Waals surface area contributed by atoms with E-state index in [2.05, 4.69) is 17.3 Å². The molecule has 4 nitrogen and oxygen atoms in total. The van der Waals surface area contributed by atoms with E-state index in [9.17, 15) is 8.42 Å². The maximum Gasteiger partial charge on any atom is 0.151 e. The standard InChI is InChI=1S/C11H22N2O2S/c1-13(10-3-2-6-12-7-4-10)11-5-8-16(14,15)9-11/h10-12H,2-9H2,1H3. The molecule has 0 saturated carbocycles. The Morgan fingerprint density at radius 2 is 1.94 bits per heavy atom. The monoisotopic (exact) mass is 246 g/mol. The number of nitrogens with zero attached hydrogens (tertiary/aromatic N) is 1. The molecule has 2 atom stereocenters. The van der Waals surface area contributed by atoms with Crippen LogP contribution in [-0.2, 0) is 9.84 Å². The minimum Gasteiger partial charge on any atom is -0.317 e. The highest BCUT2D eigenvalue weighted by molar-refractivity contribution is 7.91. The first-order chi connectivity index (χ1) is 7.58. The quantitative estimate of drug-likeness (QED) is 0.759. The number of nitrogens with one attached hydrogen (secondary N) is 1. The maximum atomic E-state index is 11.5. The predicted octanol–water partition coefficient (Wildman–Crippen LogP) is 0.247. The fourth-order valence-electron chi connectivity index (χ4n) is 2.80. The summed E-state index contributed by atoms with van der Waals surface area (Å²) < 4.78 is 22.9. The van der Waals surface area contributed by atoms with Crippen LogP contribution in [-0.4, -0.2) is 57.0 Å². The van der Waals surface area contributed by atoms with Crippen LogP contribution in [0.15, 0.2) is 0 Å². The van der Waals surface area contributed by atoms with E-state index in [1.54, 1.807) is 0 Å². The molecule has 16 heavy (non-hydrogen) atoms. The van der Waals surface area contributed by atoms with Crippen molar-refractivity contribution in [3.8, 4) is 0 Å². The summed E-state index contributed by atoms with van der Waals surface area (Å²) >= 11 is 0. The molecule has 2 aliphatic heterocycles. The van der Waals surface area contributed by atoms with Gasteiger partial charge in [0.1, 0.15) is 0 Å². The number of hydrogen-bond acceptors (Lipinski definition) is 4. The number of rotatable bonds is 2. The first-order valence-electron chi connectivity index (χ1n) is 6.21. The lowest BCUT2D eigenvalue weighted by Gasteiger charge is -2.31. The first kappa shape index (κ1) is 12.3. The largest absolute Gasteiger partial charge is 0.317 e. The van der Waals surface area contributed by atoms with E-state index in [-0.39, 0.29) is 6.04 Å². The summed E-state index contributed by atoms with van der Waals surface area (Å²) in [6, 6.07) is 0.821. The summed E-state index contributed by atoms with van der Waals surface area (Å²) in [5.74, 6) is 0.750. The smallest absolute Gasteiger partial charge is 0.151 e. The summed E-state index contributed by atoms with van der Waals surface area (Å²) in [4.78, 5) is 2.32. The van der Waals surface area contributed by atoms with Gasteiger partial charge in [-0.15, -0.1) is 0 Å². The molecule has 2 saturated heterocycles. The van der Waals surface area contributed by atoms with Gasteiger partial charge in [0.2, 0.25) is 0 Å². The molecule has 1 N–H and O–H groups in total. The minimum absolute atomic E-state index is 0.257. The van der Waals surface area contributed by atoms with Crippen LogP contribution in [0, 0.1) is 0 Å². The second-order valence-electron chi connectivity index (χ2n) is 5.06. The van der Waals surface area contributed by atoms with Gasteiger partial charge >= 0.3 is 0 Å². The van der Waals surface area contributed by atoms with Crippen LogP contribution >= 0.6 is 0 Å². The van der Waals surface area contributed by atoms with Crippen LogP contribution in [0.2, 0.25) is 0 Å². The Balaban J connectivity index is 1.93. The summed E-state index contributed by atoms with van der Waals surface area (Å²) in [5.41, 5.74) is 0. The van der Waals surface area contributed by atoms with Gasteiger partial charge in [-0.2, -0.15) is 0 Å². The van der Waals surface area contributed by atoms with Gasteiger partial charge < -0.3 is 5.32 Å². The van der Waals surface area contributed by atoms with Gasteiger partial charge in [0.25, 0.3) is 0 Å². The average molecular weight is 246 g/mol. The van der Waals surface area contributed by atoms with Gasteiger partial charge in [-0.25, -0.2) is 8.42 Å². The van der Waals surface area contributed by atoms with Crippen LogP contribution in [0.5, 0.6) is 0 Å². The highest BCUT2D eigenvalue weighted by atomic mass is 32.2. The van der Waals surface area contributed by atoms with Crippen molar-refractivity contribution in [1.82, 2.24) is 10.2 Å². The molecule has 0 bridgehead atoms. The normalized spacial score (nSPS) is 35.1. The molecule has 0 aliphatic carbocycles. The zero-order chi connectivity index (χ0) is 11.6. The molecule has 5 heteroatoms. The summed E-state index contributed by atoms with van der Waals surface area (Å²) in [6.45, 7) is 2.17. The predicted molar refractivity (Wildman–Crippen MR) is 65.3 cm³/mol. The minimum atomic E-state index is -2.75. The third kappa shape index (κ3) is 2.96. The zero-order valence-corrected chi connectivity index (χ0v) is 10.8. The van der Waals surface area contributed by atoms with Gasteiger partial charge in [0.05, 0.1) is 11.5 Å². The van der Waals surface area contributed by atoms with Gasteiger partial charge in [0, 0.05) is 12.1 Å². The van der Waals surface area contributed by atoms with E-state index >= 15 is 0 Å². The van der Waals surface area contributed by atoms with Gasteiger partial charge in [-0.1, -0.05) is 0 Å². The molecular weight excluding hydrogens is 224 g/mol. The Bertz CT molecular complexity index is 321. The molecule has 0 aromatic rings. The van der Waals surface area contributed by atoms with Crippen molar-refractivity contribution in [1.29, 1.82) is 0 Å². The van der Waals surface area contributed by atoms with Crippen molar-refractivity contribution in [3.05, 3.63) is 0 Å². The SMILES string of the molecule is CN(C1CCCNCC1)C1CCS(=O)(=O)C1. The molecular formula is C11H22N2O2S. The van der Waals surface area contributed by atoms with Crippen molar-refractivity contribution < 1.29 is 8.42 Å². The van der Waals surface area contributed by atoms with E-state index < -0.39 is 9.84 Å². The van der Waals surface area contributed by atoms with Crippen LogP contribution < -0.4 is 5.32 Å². The zero-order valence-electron chi connectivity index (χ0n) is 9.98. The molecule has 0 spiro atoms.